The van der Waals surface area contributed by atoms with Crippen LogP contribution in [0.25, 0.3) is 37.1 Å². The molecule has 0 radical (unpaired) electrons. The number of hydrogen-bond donors (Lipinski definition) is 9. The third-order valence-electron chi connectivity index (χ3n) is 26.7. The molecule has 0 spiro atoms. The molecule has 8 fully saturated rings. The van der Waals surface area contributed by atoms with E-state index < -0.39 is 99.2 Å². The summed E-state index contributed by atoms with van der Waals surface area (Å²) in [6.07, 6.45) is 15.7. The Morgan fingerprint density at radius 3 is 1.31 bits per heavy atom. The second-order valence-corrected chi connectivity index (χ2v) is 38.4. The molecule has 141 heavy (non-hydrogen) atoms. The summed E-state index contributed by atoms with van der Waals surface area (Å²) in [5.74, 6) is -7.09. The number of hydrogen-bond acceptors (Lipinski definition) is 23. The third-order valence-corrected chi connectivity index (χ3v) is 29.4. The summed E-state index contributed by atoms with van der Waals surface area (Å²) in [4.78, 5) is 167. The number of nitrogens with one attached hydrogen (secondary N) is 6. The quantitative estimate of drug-likeness (QED) is 0.0216. The highest BCUT2D eigenvalue weighted by molar-refractivity contribution is 7.14. The fourth-order valence-corrected chi connectivity index (χ4v) is 21.5. The molecule has 8 aliphatic rings. The number of ketones is 4. The number of carboxylic acid groups (broad SMARTS) is 1. The monoisotopic (exact) mass is 1970 g/mol. The van der Waals surface area contributed by atoms with E-state index in [1.807, 2.05) is 77.5 Å². The molecule has 29 nitrogen and oxygen atoms in total. The molecule has 4 saturated carbocycles. The highest BCUT2D eigenvalue weighted by atomic mass is 32.1. The number of nitrogens with two attached hydrogens (primary N) is 2. The maximum absolute atomic E-state index is 13.9. The largest absolute Gasteiger partial charge is 0.476 e. The Labute approximate surface area is 819 Å². The van der Waals surface area contributed by atoms with Crippen molar-refractivity contribution in [1.29, 1.82) is 0 Å². The van der Waals surface area contributed by atoms with Crippen molar-refractivity contribution in [3.05, 3.63) is 321 Å². The van der Waals surface area contributed by atoms with Crippen LogP contribution in [0.5, 0.6) is 0 Å². The lowest BCUT2D eigenvalue weighted by Gasteiger charge is -2.30. The molecule has 20 rings (SSSR count). The first-order valence-corrected chi connectivity index (χ1v) is 48.7. The number of carbonyl (C=O) groups excluding carboxylic acids is 11. The van der Waals surface area contributed by atoms with Crippen molar-refractivity contribution in [3.63, 3.8) is 0 Å². The van der Waals surface area contributed by atoms with E-state index in [1.54, 1.807) is 131 Å². The molecular formula is C105H100F4N12O17S3. The van der Waals surface area contributed by atoms with Gasteiger partial charge in [-0.15, -0.1) is 34.0 Å². The summed E-state index contributed by atoms with van der Waals surface area (Å²) in [5.41, 5.74) is 15.3. The first kappa shape index (κ1) is 99.9. The Kier molecular flexibility index (Phi) is 31.6. The Morgan fingerprint density at radius 2 is 0.887 bits per heavy atom. The number of carbonyl (C=O) groups is 12. The molecular weight excluding hydrogens is 1870 g/mol. The van der Waals surface area contributed by atoms with E-state index in [0.29, 0.717) is 90.4 Å². The van der Waals surface area contributed by atoms with Crippen LogP contribution in [0.2, 0.25) is 0 Å². The van der Waals surface area contributed by atoms with Crippen molar-refractivity contribution >= 4 is 104 Å². The Bertz CT molecular complexity index is 6550. The lowest BCUT2D eigenvalue weighted by Crippen LogP contribution is -2.60. The van der Waals surface area contributed by atoms with Crippen molar-refractivity contribution in [2.24, 2.45) is 11.5 Å². The maximum atomic E-state index is 13.9. The van der Waals surface area contributed by atoms with Gasteiger partial charge in [0.15, 0.2) is 28.8 Å². The van der Waals surface area contributed by atoms with Crippen molar-refractivity contribution < 1.29 is 99.2 Å². The fourth-order valence-electron chi connectivity index (χ4n) is 19.2. The highest BCUT2D eigenvalue weighted by Crippen LogP contribution is 2.43. The van der Waals surface area contributed by atoms with E-state index in [2.05, 4.69) is 46.9 Å². The topological polar surface area (TPSA) is 430 Å². The number of ether oxygens (including phenoxy) is 4. The average Bonchev–Trinajstić information content (AvgIpc) is 1.63. The van der Waals surface area contributed by atoms with Crippen LogP contribution in [0.15, 0.2) is 247 Å². The number of primary amides is 1. The summed E-state index contributed by atoms with van der Waals surface area (Å²) in [5, 5.41) is 32.2. The van der Waals surface area contributed by atoms with E-state index in [4.69, 9.17) is 35.5 Å². The number of aromatic carboxylic acids is 1. The van der Waals surface area contributed by atoms with Crippen molar-refractivity contribution in [1.82, 2.24) is 51.4 Å². The van der Waals surface area contributed by atoms with E-state index in [-0.39, 0.29) is 122 Å². The number of amides is 7. The molecule has 12 aromatic rings. The Hall–Kier alpha value is -14.1. The number of pyridine rings is 1. The smallest absolute Gasteiger partial charge is 0.355 e. The van der Waals surface area contributed by atoms with Gasteiger partial charge in [-0.05, 0) is 231 Å². The van der Waals surface area contributed by atoms with Gasteiger partial charge >= 0.3 is 5.97 Å². The summed E-state index contributed by atoms with van der Waals surface area (Å²) in [6.45, 7) is -0.0218. The molecule has 728 valence electrons. The van der Waals surface area contributed by atoms with Gasteiger partial charge in [0, 0.05) is 80.7 Å². The maximum Gasteiger partial charge on any atom is 0.355 e. The van der Waals surface area contributed by atoms with Gasteiger partial charge in [0.1, 0.15) is 88.9 Å². The molecule has 4 saturated heterocycles. The van der Waals surface area contributed by atoms with Crippen LogP contribution in [0.3, 0.4) is 0 Å². The number of Topliss-reactive ketones (excluding diaryl/α,β-unsaturated/α-hetero) is 4. The zero-order chi connectivity index (χ0) is 99.1. The van der Waals surface area contributed by atoms with E-state index in [0.717, 1.165) is 69.1 Å². The number of imidazole rings is 1. The van der Waals surface area contributed by atoms with Gasteiger partial charge in [-0.3, -0.25) is 57.7 Å². The van der Waals surface area contributed by atoms with Gasteiger partial charge in [0.05, 0.1) is 48.3 Å². The first-order valence-electron chi connectivity index (χ1n) is 46.1. The minimum absolute atomic E-state index is 0.0173. The van der Waals surface area contributed by atoms with Gasteiger partial charge < -0.3 is 72.0 Å². The van der Waals surface area contributed by atoms with Gasteiger partial charge in [-0.25, -0.2) is 32.3 Å². The van der Waals surface area contributed by atoms with Crippen LogP contribution in [0, 0.1) is 23.3 Å². The summed E-state index contributed by atoms with van der Waals surface area (Å²) < 4.78 is 77.3. The van der Waals surface area contributed by atoms with Crippen LogP contribution in [0.4, 0.5) is 17.6 Å². The molecule has 4 aliphatic carbocycles. The molecule has 7 amide bonds. The van der Waals surface area contributed by atoms with Crippen molar-refractivity contribution in [2.45, 2.75) is 173 Å². The zero-order valence-corrected chi connectivity index (χ0v) is 78.5. The number of rotatable bonds is 27. The number of benzene rings is 7. The predicted octanol–water partition coefficient (Wildman–Crippen LogP) is 12.9. The number of fused-ring (bicyclic) bond motifs is 4. The second kappa shape index (κ2) is 44.6. The third kappa shape index (κ3) is 23.2. The van der Waals surface area contributed by atoms with Gasteiger partial charge in [0.25, 0.3) is 11.8 Å². The molecule has 36 heteroatoms. The fraction of sp³-hybridized carbons (Fsp3) is 0.305. The summed E-state index contributed by atoms with van der Waals surface area (Å²) in [7, 11) is 0. The van der Waals surface area contributed by atoms with E-state index >= 15 is 0 Å². The summed E-state index contributed by atoms with van der Waals surface area (Å²) >= 11 is 4.48. The lowest BCUT2D eigenvalue weighted by molar-refractivity contribution is -0.131. The van der Waals surface area contributed by atoms with E-state index in [1.165, 1.54) is 77.4 Å². The number of nitrogens with zero attached hydrogens (tertiary/aromatic N) is 4. The lowest BCUT2D eigenvalue weighted by atomic mass is 9.85. The Morgan fingerprint density at radius 1 is 0.454 bits per heavy atom. The van der Waals surface area contributed by atoms with Gasteiger partial charge in [-0.1, -0.05) is 103 Å². The molecule has 12 atom stereocenters. The Balaban J connectivity index is 0.000000131. The van der Waals surface area contributed by atoms with Crippen molar-refractivity contribution in [2.75, 3.05) is 26.4 Å². The van der Waals surface area contributed by atoms with Crippen LogP contribution in [-0.4, -0.2) is 186 Å². The average molecular weight is 1970 g/mol. The number of thiazole rings is 1. The molecule has 9 heterocycles. The van der Waals surface area contributed by atoms with Gasteiger partial charge in [-0.2, -0.15) is 0 Å². The molecule has 7 aromatic carbocycles. The number of halogens is 4. The SMILES string of the molecule is NC(=O)c1ccc(-n2ccnc2)cc1C(Cc1ccc(F)cc1)C(=O)NC12CCCC1OCC2=O.NC(Cc1ccc(F)cc1)C(=O)NC12CCCC1OCC2=O.O=C(NC(Cc1ccc(F)cc1)C(=O)NC12CCCC1OCC2=O)c1ccc(-c2cccs2)cc1.O=C(NC(Cc1ccc(F)cc1)C(=O)NC12CCCC1OCC2=O)c1cncc(-c2cccs2)c1.O=C(O)c1csc(-c2ccccc2)n1. The highest BCUT2D eigenvalue weighted by Gasteiger charge is 2.59. The number of aromatic nitrogens is 4. The van der Waals surface area contributed by atoms with E-state index in [9.17, 15) is 75.1 Å². The van der Waals surface area contributed by atoms with Crippen LogP contribution < -0.4 is 43.4 Å². The molecule has 4 aliphatic heterocycles. The first-order chi connectivity index (χ1) is 68.0. The minimum Gasteiger partial charge on any atom is -0.476 e. The van der Waals surface area contributed by atoms with Gasteiger partial charge in [0.2, 0.25) is 29.5 Å². The molecule has 12 unspecified atom stereocenters. The standard InChI is InChI=1S/C27H25FN2O4S.C26H25FN4O4.C26H24FN3O4S.C16H19FN2O3.C10H7NO2S/c28-20-11-5-17(6-12-20)15-21(26(33)30-27-13-1-4-24(27)34-16-23(27)31)29-25(32)19-9-7-18(8-10-19)22-3-2-14-35-22;27-17-5-3-16(4-6-17)12-21(25(34)30-26-9-1-2-23(26)35-14-22(26)32)20-13-18(31-11-10-29-15-31)7-8-19(20)24(28)33;27-19-7-5-16(6-8-19)11-20(25(33)30-26-9-1-4-23(26)34-15-22(26)31)29-24(32)18-12-17(13-28-14-18)21-3-2-10-35-21;17-11-5-3-10(4-6-11)8-12(18)15(21)19-16-7-1-2-14(16)22-9-13(16)20;12-10(13)8-6-14-9(11-8)7-4-2-1-3-5-7/h2-3,5-12,14,21,24H,1,4,13,15-16H2,(H,29,32)(H,30,33);3-8,10-11,13,15,21,23H,1-2,9,12,14H2,(H2,28,33)(H,30,34);2-3,5-8,10,12-14,20,23H,1,4,9,11,15H2,(H,29,32)(H,30,33);3-6,12,14H,1-2,7-9,18H2,(H,19,21);1-6H,(H,12,13). The number of thiophene rings is 2. The van der Waals surface area contributed by atoms with Crippen LogP contribution in [0.1, 0.15) is 152 Å². The zero-order valence-electron chi connectivity index (χ0n) is 76.1. The minimum atomic E-state index is -1.06. The second-order valence-electron chi connectivity index (χ2n) is 35.6. The van der Waals surface area contributed by atoms with Crippen molar-refractivity contribution in [3.8, 4) is 37.1 Å². The van der Waals surface area contributed by atoms with Crippen LogP contribution >= 0.6 is 34.0 Å². The predicted molar refractivity (Wildman–Crippen MR) is 515 cm³/mol. The summed E-state index contributed by atoms with van der Waals surface area (Å²) in [6, 6.07) is 51.8. The van der Waals surface area contributed by atoms with Crippen LogP contribution in [-0.2, 0) is 83.0 Å². The number of carboxylic acids is 1. The normalized spacial score (nSPS) is 21.8. The molecule has 5 aromatic heterocycles. The molecule has 0 bridgehead atoms. The molecule has 11 N–H and O–H groups in total.